The van der Waals surface area contributed by atoms with E-state index in [0.717, 1.165) is 32.1 Å². The molecule has 2 aliphatic rings. The molecule has 0 bridgehead atoms. The van der Waals surface area contributed by atoms with Crippen LogP contribution in [0.15, 0.2) is 30.3 Å². The van der Waals surface area contributed by atoms with Gasteiger partial charge in [0.25, 0.3) is 0 Å². The first-order valence-electron chi connectivity index (χ1n) is 8.47. The molecule has 1 aliphatic heterocycles. The highest BCUT2D eigenvalue weighted by atomic mass is 15.3. The molecule has 21 heavy (non-hydrogen) atoms. The van der Waals surface area contributed by atoms with Gasteiger partial charge in [-0.1, -0.05) is 43.2 Å². The summed E-state index contributed by atoms with van der Waals surface area (Å²) in [6, 6.07) is 11.8. The quantitative estimate of drug-likeness (QED) is 0.923. The van der Waals surface area contributed by atoms with Crippen molar-refractivity contribution < 1.29 is 0 Å². The maximum absolute atomic E-state index is 6.53. The van der Waals surface area contributed by atoms with Gasteiger partial charge in [0.05, 0.1) is 0 Å². The third-order valence-corrected chi connectivity index (χ3v) is 5.33. The molecule has 1 aromatic carbocycles. The Balaban J connectivity index is 1.69. The predicted octanol–water partition coefficient (Wildman–Crippen LogP) is 2.49. The summed E-state index contributed by atoms with van der Waals surface area (Å²) < 4.78 is 0. The summed E-state index contributed by atoms with van der Waals surface area (Å²) in [5, 5.41) is 0. The molecule has 3 nitrogen and oxygen atoms in total. The largest absolute Gasteiger partial charge is 0.326 e. The maximum atomic E-state index is 6.53. The summed E-state index contributed by atoms with van der Waals surface area (Å²) in [5.74, 6) is 0.751. The van der Waals surface area contributed by atoms with Crippen molar-refractivity contribution in [2.24, 2.45) is 11.7 Å². The van der Waals surface area contributed by atoms with E-state index >= 15 is 0 Å². The van der Waals surface area contributed by atoms with Crippen molar-refractivity contribution >= 4 is 0 Å². The van der Waals surface area contributed by atoms with Gasteiger partial charge in [-0.3, -0.25) is 4.90 Å². The summed E-state index contributed by atoms with van der Waals surface area (Å²) in [6.07, 6.45) is 5.43. The van der Waals surface area contributed by atoms with Gasteiger partial charge in [0, 0.05) is 38.3 Å². The SMILES string of the molecule is CN1CCN(CC(N)C2CCCC2)C(c2ccccc2)C1. The van der Waals surface area contributed by atoms with Crippen LogP contribution in [0.3, 0.4) is 0 Å². The van der Waals surface area contributed by atoms with Gasteiger partial charge in [-0.05, 0) is 31.4 Å². The zero-order valence-electron chi connectivity index (χ0n) is 13.2. The minimum atomic E-state index is 0.349. The summed E-state index contributed by atoms with van der Waals surface area (Å²) in [7, 11) is 2.23. The number of hydrogen-bond donors (Lipinski definition) is 1. The number of nitrogens with two attached hydrogens (primary N) is 1. The number of nitrogens with zero attached hydrogens (tertiary/aromatic N) is 2. The Hall–Kier alpha value is -0.900. The summed E-state index contributed by atoms with van der Waals surface area (Å²) in [5.41, 5.74) is 7.96. The van der Waals surface area contributed by atoms with E-state index < -0.39 is 0 Å². The minimum absolute atomic E-state index is 0.349. The normalized spacial score (nSPS) is 27.0. The Morgan fingerprint density at radius 1 is 1.14 bits per heavy atom. The van der Waals surface area contributed by atoms with Crippen LogP contribution in [0, 0.1) is 5.92 Å². The zero-order valence-corrected chi connectivity index (χ0v) is 13.2. The molecule has 2 fully saturated rings. The molecule has 2 atom stereocenters. The van der Waals surface area contributed by atoms with Crippen LogP contribution >= 0.6 is 0 Å². The molecule has 0 spiro atoms. The van der Waals surface area contributed by atoms with Crippen molar-refractivity contribution in [1.29, 1.82) is 0 Å². The molecule has 3 rings (SSSR count). The van der Waals surface area contributed by atoms with Crippen LogP contribution in [-0.2, 0) is 0 Å². The van der Waals surface area contributed by atoms with Gasteiger partial charge in [-0.15, -0.1) is 0 Å². The van der Waals surface area contributed by atoms with E-state index in [0.29, 0.717) is 12.1 Å². The van der Waals surface area contributed by atoms with E-state index in [1.165, 1.54) is 31.2 Å². The fraction of sp³-hybridized carbons (Fsp3) is 0.667. The lowest BCUT2D eigenvalue weighted by Gasteiger charge is -2.42. The van der Waals surface area contributed by atoms with E-state index in [-0.39, 0.29) is 0 Å². The molecule has 3 heteroatoms. The Kier molecular flexibility index (Phi) is 4.94. The number of piperazine rings is 1. The Labute approximate surface area is 129 Å². The highest BCUT2D eigenvalue weighted by Gasteiger charge is 2.30. The smallest absolute Gasteiger partial charge is 0.0476 e. The number of rotatable bonds is 4. The number of likely N-dealkylation sites (N-methyl/N-ethyl adjacent to an activating group) is 1. The van der Waals surface area contributed by atoms with Crippen molar-refractivity contribution in [3.8, 4) is 0 Å². The van der Waals surface area contributed by atoms with E-state index in [1.807, 2.05) is 0 Å². The highest BCUT2D eigenvalue weighted by Crippen LogP contribution is 2.30. The highest BCUT2D eigenvalue weighted by molar-refractivity contribution is 5.20. The Morgan fingerprint density at radius 2 is 1.86 bits per heavy atom. The van der Waals surface area contributed by atoms with Crippen molar-refractivity contribution in [1.82, 2.24) is 9.80 Å². The average Bonchev–Trinajstić information content (AvgIpc) is 3.04. The predicted molar refractivity (Wildman–Crippen MR) is 88.2 cm³/mol. The fourth-order valence-corrected chi connectivity index (χ4v) is 3.97. The molecule has 1 saturated heterocycles. The van der Waals surface area contributed by atoms with Crippen LogP contribution in [0.5, 0.6) is 0 Å². The van der Waals surface area contributed by atoms with Gasteiger partial charge >= 0.3 is 0 Å². The molecule has 0 radical (unpaired) electrons. The first-order valence-corrected chi connectivity index (χ1v) is 8.47. The van der Waals surface area contributed by atoms with E-state index in [4.69, 9.17) is 5.73 Å². The van der Waals surface area contributed by atoms with Gasteiger partial charge in [-0.2, -0.15) is 0 Å². The van der Waals surface area contributed by atoms with Crippen LogP contribution in [0.2, 0.25) is 0 Å². The second-order valence-corrected chi connectivity index (χ2v) is 6.89. The van der Waals surface area contributed by atoms with Gasteiger partial charge in [0.2, 0.25) is 0 Å². The number of benzene rings is 1. The molecule has 1 heterocycles. The molecule has 116 valence electrons. The molecule has 1 aliphatic carbocycles. The third kappa shape index (κ3) is 3.65. The fourth-order valence-electron chi connectivity index (χ4n) is 3.97. The van der Waals surface area contributed by atoms with Crippen LogP contribution in [0.1, 0.15) is 37.3 Å². The van der Waals surface area contributed by atoms with Crippen molar-refractivity contribution in [2.75, 3.05) is 33.2 Å². The standard InChI is InChI=1S/C18H29N3/c1-20-11-12-21(13-17(19)15-7-5-6-8-15)18(14-20)16-9-3-2-4-10-16/h2-4,9-10,15,17-18H,5-8,11-14,19H2,1H3. The van der Waals surface area contributed by atoms with Gasteiger partial charge in [-0.25, -0.2) is 0 Å². The van der Waals surface area contributed by atoms with E-state index in [2.05, 4.69) is 47.2 Å². The summed E-state index contributed by atoms with van der Waals surface area (Å²) in [4.78, 5) is 5.06. The number of hydrogen-bond acceptors (Lipinski definition) is 3. The second kappa shape index (κ2) is 6.91. The molecular formula is C18H29N3. The molecular weight excluding hydrogens is 258 g/mol. The molecule has 1 aromatic rings. The van der Waals surface area contributed by atoms with Gasteiger partial charge < -0.3 is 10.6 Å². The topological polar surface area (TPSA) is 32.5 Å². The minimum Gasteiger partial charge on any atom is -0.326 e. The second-order valence-electron chi connectivity index (χ2n) is 6.89. The Bertz CT molecular complexity index is 427. The summed E-state index contributed by atoms with van der Waals surface area (Å²) in [6.45, 7) is 4.46. The van der Waals surface area contributed by atoms with Crippen LogP contribution in [0.4, 0.5) is 0 Å². The Morgan fingerprint density at radius 3 is 2.57 bits per heavy atom. The average molecular weight is 287 g/mol. The molecule has 2 unspecified atom stereocenters. The van der Waals surface area contributed by atoms with Gasteiger partial charge in [0.1, 0.15) is 0 Å². The molecule has 2 N–H and O–H groups in total. The first-order chi connectivity index (χ1) is 10.2. The van der Waals surface area contributed by atoms with E-state index in [9.17, 15) is 0 Å². The molecule has 1 saturated carbocycles. The van der Waals surface area contributed by atoms with Crippen LogP contribution < -0.4 is 5.73 Å². The van der Waals surface area contributed by atoms with Crippen molar-refractivity contribution in [3.05, 3.63) is 35.9 Å². The van der Waals surface area contributed by atoms with Crippen molar-refractivity contribution in [3.63, 3.8) is 0 Å². The van der Waals surface area contributed by atoms with Gasteiger partial charge in [0.15, 0.2) is 0 Å². The van der Waals surface area contributed by atoms with Crippen LogP contribution in [-0.4, -0.2) is 49.1 Å². The van der Waals surface area contributed by atoms with Crippen LogP contribution in [0.25, 0.3) is 0 Å². The lowest BCUT2D eigenvalue weighted by molar-refractivity contribution is 0.0782. The lowest BCUT2D eigenvalue weighted by Crippen LogP contribution is -2.51. The molecule has 0 aromatic heterocycles. The summed E-state index contributed by atoms with van der Waals surface area (Å²) >= 11 is 0. The van der Waals surface area contributed by atoms with E-state index in [1.54, 1.807) is 0 Å². The monoisotopic (exact) mass is 287 g/mol. The van der Waals surface area contributed by atoms with Crippen molar-refractivity contribution in [2.45, 2.75) is 37.8 Å². The zero-order chi connectivity index (χ0) is 14.7. The first kappa shape index (κ1) is 15.0. The third-order valence-electron chi connectivity index (χ3n) is 5.33. The maximum Gasteiger partial charge on any atom is 0.0476 e. The molecule has 0 amide bonds. The lowest BCUT2D eigenvalue weighted by atomic mass is 9.96.